The predicted molar refractivity (Wildman–Crippen MR) is 112 cm³/mol. The third-order valence-corrected chi connectivity index (χ3v) is 5.66. The van der Waals surface area contributed by atoms with Crippen molar-refractivity contribution in [3.05, 3.63) is 72.8 Å². The molecule has 1 unspecified atom stereocenters. The van der Waals surface area contributed by atoms with Gasteiger partial charge < -0.3 is 10.2 Å². The van der Waals surface area contributed by atoms with Crippen molar-refractivity contribution in [1.29, 1.82) is 0 Å². The number of hydrogen-bond donors (Lipinski definition) is 1. The summed E-state index contributed by atoms with van der Waals surface area (Å²) in [5.41, 5.74) is 2.51. The van der Waals surface area contributed by atoms with Crippen LogP contribution in [0, 0.1) is 0 Å². The average Bonchev–Trinajstić information content (AvgIpc) is 3.42. The summed E-state index contributed by atoms with van der Waals surface area (Å²) >= 11 is 0. The van der Waals surface area contributed by atoms with Crippen molar-refractivity contribution in [2.24, 2.45) is 0 Å². The first kappa shape index (κ1) is 19.3. The Hall–Kier alpha value is -3.72. The number of nitrogens with one attached hydrogen (secondary N) is 1. The lowest BCUT2D eigenvalue weighted by atomic mass is 10.0. The van der Waals surface area contributed by atoms with E-state index in [0.29, 0.717) is 25.3 Å². The SMILES string of the molecule is O=C(Nc1ccc(-n2cncn2)cc1)[C@@H]1CCC2CN1C(=O)N2OCc1ccccc1. The van der Waals surface area contributed by atoms with Crippen LogP contribution in [-0.2, 0) is 16.2 Å². The van der Waals surface area contributed by atoms with E-state index >= 15 is 0 Å². The number of piperidine rings is 1. The quantitative estimate of drug-likeness (QED) is 0.664. The van der Waals surface area contributed by atoms with Crippen LogP contribution >= 0.6 is 0 Å². The monoisotopic (exact) mass is 418 g/mol. The number of benzene rings is 2. The van der Waals surface area contributed by atoms with Gasteiger partial charge in [0.15, 0.2) is 0 Å². The van der Waals surface area contributed by atoms with Crippen molar-refractivity contribution >= 4 is 17.6 Å². The third-order valence-electron chi connectivity index (χ3n) is 5.66. The number of hydrogen-bond acceptors (Lipinski definition) is 5. The summed E-state index contributed by atoms with van der Waals surface area (Å²) in [7, 11) is 0. The van der Waals surface area contributed by atoms with Gasteiger partial charge in [0.1, 0.15) is 25.3 Å². The molecule has 158 valence electrons. The minimum Gasteiger partial charge on any atom is -0.324 e. The van der Waals surface area contributed by atoms with E-state index in [9.17, 15) is 9.59 Å². The fourth-order valence-corrected chi connectivity index (χ4v) is 4.05. The number of aromatic nitrogens is 3. The van der Waals surface area contributed by atoms with E-state index in [1.807, 2.05) is 54.6 Å². The summed E-state index contributed by atoms with van der Waals surface area (Å²) in [5, 5.41) is 8.44. The number of urea groups is 1. The number of amides is 3. The van der Waals surface area contributed by atoms with E-state index in [1.54, 1.807) is 15.9 Å². The van der Waals surface area contributed by atoms with E-state index in [0.717, 1.165) is 17.7 Å². The highest BCUT2D eigenvalue weighted by Gasteiger charge is 2.47. The molecule has 2 fully saturated rings. The van der Waals surface area contributed by atoms with Crippen LogP contribution in [0.3, 0.4) is 0 Å². The van der Waals surface area contributed by atoms with Gasteiger partial charge in [-0.25, -0.2) is 14.5 Å². The molecule has 0 spiro atoms. The van der Waals surface area contributed by atoms with E-state index < -0.39 is 6.04 Å². The van der Waals surface area contributed by atoms with Crippen LogP contribution in [0.5, 0.6) is 0 Å². The number of rotatable bonds is 6. The molecule has 2 aliphatic heterocycles. The van der Waals surface area contributed by atoms with Gasteiger partial charge in [-0.15, -0.1) is 0 Å². The zero-order chi connectivity index (χ0) is 21.2. The van der Waals surface area contributed by atoms with Crippen molar-refractivity contribution in [2.75, 3.05) is 11.9 Å². The first-order valence-corrected chi connectivity index (χ1v) is 10.2. The predicted octanol–water partition coefficient (Wildman–Crippen LogP) is 2.61. The molecular weight excluding hydrogens is 396 g/mol. The van der Waals surface area contributed by atoms with Crippen LogP contribution in [-0.4, -0.2) is 55.3 Å². The molecule has 0 radical (unpaired) electrons. The van der Waals surface area contributed by atoms with Crippen LogP contribution in [0.15, 0.2) is 67.3 Å². The molecule has 2 aliphatic rings. The van der Waals surface area contributed by atoms with Crippen molar-refractivity contribution in [3.63, 3.8) is 0 Å². The second kappa shape index (κ2) is 8.19. The van der Waals surface area contributed by atoms with Crippen LogP contribution in [0.2, 0.25) is 0 Å². The highest BCUT2D eigenvalue weighted by Crippen LogP contribution is 2.31. The Morgan fingerprint density at radius 1 is 1.10 bits per heavy atom. The second-order valence-corrected chi connectivity index (χ2v) is 7.64. The summed E-state index contributed by atoms with van der Waals surface area (Å²) < 4.78 is 1.64. The summed E-state index contributed by atoms with van der Waals surface area (Å²) in [6.45, 7) is 0.822. The van der Waals surface area contributed by atoms with Crippen molar-refractivity contribution in [2.45, 2.75) is 31.5 Å². The lowest BCUT2D eigenvalue weighted by molar-refractivity contribution is -0.140. The lowest BCUT2D eigenvalue weighted by Gasteiger charge is -2.29. The zero-order valence-corrected chi connectivity index (χ0v) is 16.8. The molecule has 2 bridgehead atoms. The first-order valence-electron chi connectivity index (χ1n) is 10.2. The molecule has 0 saturated carbocycles. The average molecular weight is 418 g/mol. The van der Waals surface area contributed by atoms with Crippen molar-refractivity contribution in [1.82, 2.24) is 24.7 Å². The number of carbonyl (C=O) groups excluding carboxylic acids is 2. The maximum absolute atomic E-state index is 12.9. The second-order valence-electron chi connectivity index (χ2n) is 7.64. The minimum absolute atomic E-state index is 0.0257. The molecule has 3 aromatic rings. The fourth-order valence-electron chi connectivity index (χ4n) is 4.05. The smallest absolute Gasteiger partial charge is 0.324 e. The molecule has 3 heterocycles. The van der Waals surface area contributed by atoms with Crippen molar-refractivity contribution in [3.8, 4) is 5.69 Å². The molecule has 2 saturated heterocycles. The normalized spacial score (nSPS) is 20.2. The summed E-state index contributed by atoms with van der Waals surface area (Å²) in [4.78, 5) is 37.1. The summed E-state index contributed by atoms with van der Waals surface area (Å²) in [6, 6.07) is 16.2. The highest BCUT2D eigenvalue weighted by atomic mass is 16.7. The van der Waals surface area contributed by atoms with Gasteiger partial charge in [0, 0.05) is 12.2 Å². The molecule has 1 N–H and O–H groups in total. The van der Waals surface area contributed by atoms with Gasteiger partial charge in [-0.05, 0) is 42.7 Å². The van der Waals surface area contributed by atoms with Crippen LogP contribution in [0.25, 0.3) is 5.69 Å². The molecule has 31 heavy (non-hydrogen) atoms. The van der Waals surface area contributed by atoms with Gasteiger partial charge in [-0.3, -0.25) is 9.63 Å². The lowest BCUT2D eigenvalue weighted by Crippen LogP contribution is -2.47. The van der Waals surface area contributed by atoms with Gasteiger partial charge in [0.25, 0.3) is 0 Å². The minimum atomic E-state index is -0.510. The number of nitrogens with zero attached hydrogens (tertiary/aromatic N) is 5. The van der Waals surface area contributed by atoms with E-state index in [2.05, 4.69) is 15.4 Å². The Kier molecular flexibility index (Phi) is 5.09. The Morgan fingerprint density at radius 2 is 1.90 bits per heavy atom. The molecule has 9 heteroatoms. The topological polar surface area (TPSA) is 92.6 Å². The molecule has 3 amide bonds. The molecule has 0 aliphatic carbocycles. The van der Waals surface area contributed by atoms with Crippen LogP contribution in [0.4, 0.5) is 10.5 Å². The molecule has 9 nitrogen and oxygen atoms in total. The van der Waals surface area contributed by atoms with Gasteiger partial charge in [-0.1, -0.05) is 30.3 Å². The molecule has 1 aromatic heterocycles. The number of fused-ring (bicyclic) bond motifs is 2. The summed E-state index contributed by atoms with van der Waals surface area (Å²) in [6.07, 6.45) is 4.40. The Labute approximate surface area is 179 Å². The maximum Gasteiger partial charge on any atom is 0.345 e. The van der Waals surface area contributed by atoms with Gasteiger partial charge in [-0.2, -0.15) is 10.2 Å². The Bertz CT molecular complexity index is 1050. The fraction of sp³-hybridized carbons (Fsp3) is 0.273. The molecule has 2 aromatic carbocycles. The van der Waals surface area contributed by atoms with Crippen LogP contribution < -0.4 is 5.32 Å². The molecule has 5 rings (SSSR count). The number of hydroxylamine groups is 2. The Balaban J connectivity index is 1.21. The van der Waals surface area contributed by atoms with E-state index in [4.69, 9.17) is 4.84 Å². The highest BCUT2D eigenvalue weighted by molar-refractivity contribution is 5.97. The van der Waals surface area contributed by atoms with Gasteiger partial charge >= 0.3 is 6.03 Å². The first-order chi connectivity index (χ1) is 15.2. The standard InChI is InChI=1S/C22H22N6O3/c29-21(25-17-6-8-18(9-7-17)27-15-23-14-24-27)20-11-10-19-12-26(20)22(30)28(19)31-13-16-4-2-1-3-5-16/h1-9,14-15,19-20H,10-13H2,(H,25,29)/t19?,20-/m0/s1. The molecular formula is C22H22N6O3. The number of anilines is 1. The zero-order valence-electron chi connectivity index (χ0n) is 16.8. The van der Waals surface area contributed by atoms with Gasteiger partial charge in [0.05, 0.1) is 11.7 Å². The summed E-state index contributed by atoms with van der Waals surface area (Å²) in [5.74, 6) is -0.190. The van der Waals surface area contributed by atoms with E-state index in [-0.39, 0.29) is 18.0 Å². The molecule has 2 atom stereocenters. The number of carbonyl (C=O) groups is 2. The third kappa shape index (κ3) is 3.87. The Morgan fingerprint density at radius 3 is 2.65 bits per heavy atom. The van der Waals surface area contributed by atoms with Gasteiger partial charge in [0.2, 0.25) is 5.91 Å². The van der Waals surface area contributed by atoms with E-state index in [1.165, 1.54) is 11.4 Å². The largest absolute Gasteiger partial charge is 0.345 e. The van der Waals surface area contributed by atoms with Crippen molar-refractivity contribution < 1.29 is 14.4 Å². The van der Waals surface area contributed by atoms with Crippen LogP contribution in [0.1, 0.15) is 18.4 Å². The maximum atomic E-state index is 12.9.